The van der Waals surface area contributed by atoms with Crippen molar-refractivity contribution >= 4 is 17.5 Å². The predicted molar refractivity (Wildman–Crippen MR) is 226 cm³/mol. The van der Waals surface area contributed by atoms with E-state index in [2.05, 4.69) is 11.8 Å². The second-order valence-electron chi connectivity index (χ2n) is 18.6. The number of aliphatic hydroxyl groups is 3. The zero-order chi connectivity index (χ0) is 43.4. The average molecular weight is 826 g/mol. The maximum absolute atomic E-state index is 14.3. The van der Waals surface area contributed by atoms with Gasteiger partial charge in [0, 0.05) is 37.5 Å². The monoisotopic (exact) mass is 826 g/mol. The van der Waals surface area contributed by atoms with Gasteiger partial charge in [-0.25, -0.2) is 0 Å². The summed E-state index contributed by atoms with van der Waals surface area (Å²) in [4.78, 5) is 38.7. The fraction of sp³-hybridized carbons (Fsp3) is 0.933. The number of nitrogens with zero attached hydrogens (tertiary/aromatic N) is 3. The zero-order valence-electron chi connectivity index (χ0n) is 38.3. The molecule has 3 N–H and O–H groups in total. The number of carbonyl (C=O) groups excluding carboxylic acids is 2. The summed E-state index contributed by atoms with van der Waals surface area (Å²) in [5, 5.41) is 40.2. The number of rotatable bonds is 16. The third-order valence-corrected chi connectivity index (χ3v) is 13.4. The van der Waals surface area contributed by atoms with E-state index in [1.165, 1.54) is 58.8 Å². The van der Waals surface area contributed by atoms with E-state index in [4.69, 9.17) is 28.9 Å². The van der Waals surface area contributed by atoms with Crippen LogP contribution in [0.1, 0.15) is 146 Å². The lowest BCUT2D eigenvalue weighted by atomic mass is 9.74. The number of cyclic esters (lactones) is 1. The van der Waals surface area contributed by atoms with Gasteiger partial charge in [-0.1, -0.05) is 84.7 Å². The molecule has 0 bridgehead atoms. The maximum Gasteiger partial charge on any atom is 0.316 e. The molecule has 13 nitrogen and oxygen atoms in total. The number of likely N-dealkylation sites (tertiary alicyclic amines) is 1. The van der Waals surface area contributed by atoms with E-state index >= 15 is 0 Å². The molecule has 338 valence electrons. The van der Waals surface area contributed by atoms with E-state index in [0.717, 1.165) is 38.9 Å². The molecule has 0 amide bonds. The molecule has 58 heavy (non-hydrogen) atoms. The largest absolute Gasteiger partial charge is 0.459 e. The molecule has 0 aromatic carbocycles. The summed E-state index contributed by atoms with van der Waals surface area (Å²) in [5.74, 6) is -4.54. The van der Waals surface area contributed by atoms with Gasteiger partial charge < -0.3 is 44.0 Å². The van der Waals surface area contributed by atoms with Crippen LogP contribution in [0.2, 0.25) is 0 Å². The van der Waals surface area contributed by atoms with Crippen LogP contribution < -0.4 is 0 Å². The number of methoxy groups -OCH3 is 1. The molecule has 0 aromatic heterocycles. The lowest BCUT2D eigenvalue weighted by Crippen LogP contribution is -2.60. The third kappa shape index (κ3) is 13.4. The molecule has 1 unspecified atom stereocenters. The topological polar surface area (TPSA) is 160 Å². The third-order valence-electron chi connectivity index (χ3n) is 13.4. The Kier molecular flexibility index (Phi) is 20.5. The number of ketones is 1. The number of hydrogen-bond acceptors (Lipinski definition) is 13. The van der Waals surface area contributed by atoms with Gasteiger partial charge in [-0.05, 0) is 93.4 Å². The summed E-state index contributed by atoms with van der Waals surface area (Å²) in [6, 6.07) is -0.257. The van der Waals surface area contributed by atoms with Gasteiger partial charge in [0.25, 0.3) is 0 Å². The Hall–Kier alpha value is -1.71. The Bertz CT molecular complexity index is 1280. The van der Waals surface area contributed by atoms with E-state index < -0.39 is 77.3 Å². The summed E-state index contributed by atoms with van der Waals surface area (Å²) >= 11 is 0. The van der Waals surface area contributed by atoms with Gasteiger partial charge in [0.2, 0.25) is 0 Å². The SMILES string of the molecule is CCCCCCCCCCN1CCCC(ON=C2[C@H](C)C[C@@](C)(OC)[C@H](O[C@@H]3O[C@H](C)C[C@H](N(C)C)[C@H]3O)[C@@H](C)C(=O)[C@@H](C)C(=O)O[C@H](CC)[C@@](C)(O)[C@H](O)[C@H]2C)C1. The lowest BCUT2D eigenvalue weighted by molar-refractivity contribution is -0.295. The van der Waals surface area contributed by atoms with Crippen LogP contribution in [0.5, 0.6) is 0 Å². The summed E-state index contributed by atoms with van der Waals surface area (Å²) in [7, 11) is 5.34. The van der Waals surface area contributed by atoms with Gasteiger partial charge >= 0.3 is 5.97 Å². The molecule has 3 saturated heterocycles. The molecule has 0 saturated carbocycles. The summed E-state index contributed by atoms with van der Waals surface area (Å²) in [5.41, 5.74) is -2.57. The van der Waals surface area contributed by atoms with Crippen LogP contribution in [0.3, 0.4) is 0 Å². The number of esters is 1. The van der Waals surface area contributed by atoms with Gasteiger partial charge in [-0.2, -0.15) is 0 Å². The first-order chi connectivity index (χ1) is 27.3. The predicted octanol–water partition coefficient (Wildman–Crippen LogP) is 6.13. The van der Waals surface area contributed by atoms with E-state index in [0.29, 0.717) is 12.1 Å². The number of likely N-dealkylation sites (N-methyl/N-ethyl adjacent to an activating group) is 1. The highest BCUT2D eigenvalue weighted by molar-refractivity contribution is 6.00. The van der Waals surface area contributed by atoms with E-state index in [1.807, 2.05) is 39.8 Å². The van der Waals surface area contributed by atoms with Crippen molar-refractivity contribution in [2.24, 2.45) is 28.8 Å². The van der Waals surface area contributed by atoms with E-state index in [-0.39, 0.29) is 31.1 Å². The number of unbranched alkanes of at least 4 members (excludes halogenated alkanes) is 7. The fourth-order valence-corrected chi connectivity index (χ4v) is 9.52. The molecule has 3 aliphatic rings. The molecule has 0 radical (unpaired) electrons. The van der Waals surface area contributed by atoms with Gasteiger partial charge in [-0.15, -0.1) is 0 Å². The van der Waals surface area contributed by atoms with Crippen molar-refractivity contribution < 1.29 is 48.7 Å². The first kappa shape index (κ1) is 50.6. The molecule has 3 aliphatic heterocycles. The van der Waals surface area contributed by atoms with Gasteiger partial charge in [0.05, 0.1) is 29.6 Å². The molecule has 3 rings (SSSR count). The number of piperidine rings is 1. The van der Waals surface area contributed by atoms with Crippen molar-refractivity contribution in [3.8, 4) is 0 Å². The normalized spacial score (nSPS) is 39.8. The fourth-order valence-electron chi connectivity index (χ4n) is 9.52. The van der Waals surface area contributed by atoms with Crippen molar-refractivity contribution in [2.75, 3.05) is 40.8 Å². The summed E-state index contributed by atoms with van der Waals surface area (Å²) < 4.78 is 25.1. The number of Topliss-reactive ketones (excluding diaryl/α,β-unsaturated/α-hetero) is 1. The van der Waals surface area contributed by atoms with Crippen LogP contribution in [0.4, 0.5) is 0 Å². The highest BCUT2D eigenvalue weighted by atomic mass is 16.7. The summed E-state index contributed by atoms with van der Waals surface area (Å²) in [6.45, 7) is 19.0. The lowest BCUT2D eigenvalue weighted by Gasteiger charge is -2.47. The molecule has 3 heterocycles. The van der Waals surface area contributed by atoms with E-state index in [1.54, 1.807) is 27.9 Å². The van der Waals surface area contributed by atoms with E-state index in [9.17, 15) is 24.9 Å². The maximum atomic E-state index is 14.3. The number of oxime groups is 1. The Morgan fingerprint density at radius 2 is 1.59 bits per heavy atom. The smallest absolute Gasteiger partial charge is 0.316 e. The minimum atomic E-state index is -1.88. The minimum absolute atomic E-state index is 0.148. The van der Waals surface area contributed by atoms with Crippen LogP contribution in [0.15, 0.2) is 5.16 Å². The van der Waals surface area contributed by atoms with Crippen LogP contribution in [-0.2, 0) is 33.4 Å². The molecule has 0 spiro atoms. The van der Waals surface area contributed by atoms with Gasteiger partial charge in [-0.3, -0.25) is 14.5 Å². The second kappa shape index (κ2) is 23.5. The van der Waals surface area contributed by atoms with Crippen LogP contribution in [-0.4, -0.2) is 144 Å². The van der Waals surface area contributed by atoms with Crippen molar-refractivity contribution in [3.63, 3.8) is 0 Å². The Balaban J connectivity index is 1.98. The number of carbonyl (C=O) groups is 2. The first-order valence-electron chi connectivity index (χ1n) is 22.6. The highest BCUT2D eigenvalue weighted by Gasteiger charge is 2.51. The first-order valence-corrected chi connectivity index (χ1v) is 22.6. The van der Waals surface area contributed by atoms with Crippen LogP contribution in [0.25, 0.3) is 0 Å². The van der Waals surface area contributed by atoms with Crippen molar-refractivity contribution in [2.45, 2.75) is 206 Å². The zero-order valence-corrected chi connectivity index (χ0v) is 38.3. The Morgan fingerprint density at radius 1 is 0.948 bits per heavy atom. The molecule has 3 fully saturated rings. The number of hydrogen-bond donors (Lipinski definition) is 3. The van der Waals surface area contributed by atoms with Crippen LogP contribution >= 0.6 is 0 Å². The molecule has 0 aliphatic carbocycles. The van der Waals surface area contributed by atoms with Crippen molar-refractivity contribution in [3.05, 3.63) is 0 Å². The standard InChI is InChI=1S/C45H83N3O10/c1-13-15-16-17-18-19-20-21-24-48-25-22-23-34(28-48)58-46-37-29(3)27-44(8,54-12)41(57-43-39(50)35(47(10)11)26-30(4)55-43)32(6)38(49)33(7)42(52)56-36(14-2)45(9,53)40(51)31(37)5/h29-36,39-41,43,50-51,53H,13-28H2,1-12H3/t29-,30-,31+,32+,33-,34?,35+,36-,39-,40-,41-,43+,44-,45-/m1/s1. The quantitative estimate of drug-likeness (QED) is 0.0709. The van der Waals surface area contributed by atoms with Crippen LogP contribution in [0, 0.1) is 23.7 Å². The molecule has 14 atom stereocenters. The second-order valence-corrected chi connectivity index (χ2v) is 18.6. The molecule has 0 aromatic rings. The Morgan fingerprint density at radius 3 is 2.19 bits per heavy atom. The Labute approximate surface area is 350 Å². The van der Waals surface area contributed by atoms with Crippen molar-refractivity contribution in [1.82, 2.24) is 9.80 Å². The number of ether oxygens (including phenoxy) is 4. The van der Waals surface area contributed by atoms with Gasteiger partial charge in [0.1, 0.15) is 29.8 Å². The van der Waals surface area contributed by atoms with Crippen molar-refractivity contribution in [1.29, 1.82) is 0 Å². The summed E-state index contributed by atoms with van der Waals surface area (Å²) in [6.07, 6.45) is 7.07. The molecular formula is C45H83N3O10. The highest BCUT2D eigenvalue weighted by Crippen LogP contribution is 2.39. The molecule has 13 heteroatoms. The average Bonchev–Trinajstić information content (AvgIpc) is 3.19. The molecular weight excluding hydrogens is 743 g/mol. The minimum Gasteiger partial charge on any atom is -0.459 e. The van der Waals surface area contributed by atoms with Gasteiger partial charge in [0.15, 0.2) is 12.1 Å². The number of aliphatic hydroxyl groups excluding tert-OH is 2.